The average Bonchev–Trinajstić information content (AvgIpc) is 2.50. The molecule has 0 saturated carbocycles. The summed E-state index contributed by atoms with van der Waals surface area (Å²) in [5.74, 6) is 0.858. The van der Waals surface area contributed by atoms with Gasteiger partial charge in [0.15, 0.2) is 0 Å². The van der Waals surface area contributed by atoms with Crippen LogP contribution in [0.2, 0.25) is 0 Å². The maximum absolute atomic E-state index is 10.6. The van der Waals surface area contributed by atoms with Crippen molar-refractivity contribution in [1.29, 1.82) is 0 Å². The second kappa shape index (κ2) is 8.56. The van der Waals surface area contributed by atoms with E-state index in [2.05, 4.69) is 0 Å². The molecule has 0 aliphatic carbocycles. The first-order valence-electron chi connectivity index (χ1n) is 6.95. The molecule has 6 heteroatoms. The van der Waals surface area contributed by atoms with Gasteiger partial charge in [0.1, 0.15) is 11.5 Å². The molecule has 23 heavy (non-hydrogen) atoms. The molecule has 0 aromatic heterocycles. The lowest BCUT2D eigenvalue weighted by atomic mass is 10.0. The Hall–Kier alpha value is -2.04. The summed E-state index contributed by atoms with van der Waals surface area (Å²) in [5.41, 5.74) is 0.598. The van der Waals surface area contributed by atoms with E-state index < -0.39 is 10.9 Å². The molecule has 120 valence electrons. The van der Waals surface area contributed by atoms with Crippen molar-refractivity contribution in [1.82, 2.24) is 0 Å². The molecule has 2 aromatic rings. The minimum Gasteiger partial charge on any atom is -0.415 e. The molecule has 0 amide bonds. The Kier molecular flexibility index (Phi) is 6.44. The van der Waals surface area contributed by atoms with Crippen molar-refractivity contribution in [3.8, 4) is 11.5 Å². The number of benzene rings is 2. The summed E-state index contributed by atoms with van der Waals surface area (Å²) in [6.45, 7) is 0. The number of rotatable bonds is 6. The molecular weight excluding hydrogens is 339 g/mol. The topological polar surface area (TPSA) is 52.6 Å². The van der Waals surface area contributed by atoms with E-state index in [1.54, 1.807) is 24.3 Å². The van der Waals surface area contributed by atoms with Gasteiger partial charge in [-0.1, -0.05) is 24.3 Å². The van der Waals surface area contributed by atoms with E-state index in [4.69, 9.17) is 32.7 Å². The second-order valence-corrected chi connectivity index (χ2v) is 5.44. The molecule has 2 rings (SSSR count). The van der Waals surface area contributed by atoms with Gasteiger partial charge in [0.25, 0.3) is 0 Å². The normalized spacial score (nSPS) is 10.2. The highest BCUT2D eigenvalue weighted by atomic mass is 35.5. The first kappa shape index (κ1) is 17.3. The van der Waals surface area contributed by atoms with Gasteiger partial charge in [0, 0.05) is 23.2 Å². The van der Waals surface area contributed by atoms with Crippen LogP contribution in [0.1, 0.15) is 17.5 Å². The van der Waals surface area contributed by atoms with Crippen LogP contribution in [-0.2, 0) is 12.8 Å². The fourth-order valence-electron chi connectivity index (χ4n) is 2.13. The average molecular weight is 353 g/mol. The van der Waals surface area contributed by atoms with Crippen molar-refractivity contribution < 1.29 is 19.1 Å². The van der Waals surface area contributed by atoms with Gasteiger partial charge in [-0.05, 0) is 54.7 Å². The maximum Gasteiger partial charge on any atom is 0.409 e. The third-order valence-electron chi connectivity index (χ3n) is 3.17. The quantitative estimate of drug-likeness (QED) is 0.658. The number of carbonyl (C=O) groups excluding carboxylic acids is 2. The largest absolute Gasteiger partial charge is 0.415 e. The molecule has 0 radical (unpaired) electrons. The number of ether oxygens (including phenoxy) is 2. The van der Waals surface area contributed by atoms with Gasteiger partial charge in [0.05, 0.1) is 0 Å². The number of aryl methyl sites for hydroxylation is 2. The molecule has 0 unspecified atom stereocenters. The maximum atomic E-state index is 10.6. The van der Waals surface area contributed by atoms with E-state index >= 15 is 0 Å². The van der Waals surface area contributed by atoms with Crippen LogP contribution < -0.4 is 9.47 Å². The van der Waals surface area contributed by atoms with Crippen molar-refractivity contribution in [3.63, 3.8) is 0 Å². The Morgan fingerprint density at radius 1 is 0.696 bits per heavy atom. The minimum absolute atomic E-state index is 0.429. The van der Waals surface area contributed by atoms with Gasteiger partial charge < -0.3 is 9.47 Å². The minimum atomic E-state index is -0.846. The van der Waals surface area contributed by atoms with Gasteiger partial charge in [0.2, 0.25) is 0 Å². The van der Waals surface area contributed by atoms with Gasteiger partial charge >= 0.3 is 10.9 Å². The van der Waals surface area contributed by atoms with E-state index in [-0.39, 0.29) is 0 Å². The van der Waals surface area contributed by atoms with E-state index in [0.717, 1.165) is 30.4 Å². The van der Waals surface area contributed by atoms with Crippen molar-refractivity contribution >= 4 is 34.1 Å². The number of halogens is 2. The van der Waals surface area contributed by atoms with Crippen molar-refractivity contribution in [3.05, 3.63) is 59.7 Å². The predicted octanol–water partition coefficient (Wildman–Crippen LogP) is 5.34. The van der Waals surface area contributed by atoms with Crippen molar-refractivity contribution in [2.75, 3.05) is 0 Å². The zero-order chi connectivity index (χ0) is 16.7. The number of carbonyl (C=O) groups is 2. The molecule has 0 aliphatic heterocycles. The summed E-state index contributed by atoms with van der Waals surface area (Å²) < 4.78 is 9.53. The van der Waals surface area contributed by atoms with Gasteiger partial charge in [-0.2, -0.15) is 0 Å². The zero-order valence-electron chi connectivity index (χ0n) is 12.1. The molecule has 0 heterocycles. The highest BCUT2D eigenvalue weighted by molar-refractivity contribution is 6.61. The van der Waals surface area contributed by atoms with E-state index in [1.807, 2.05) is 24.3 Å². The van der Waals surface area contributed by atoms with Crippen molar-refractivity contribution in [2.24, 2.45) is 0 Å². The first-order chi connectivity index (χ1) is 11.0. The van der Waals surface area contributed by atoms with Crippen molar-refractivity contribution in [2.45, 2.75) is 19.3 Å². The lowest BCUT2D eigenvalue weighted by Gasteiger charge is -2.05. The molecular formula is C17H14Cl2O4. The third-order valence-corrected chi connectivity index (χ3v) is 3.33. The summed E-state index contributed by atoms with van der Waals surface area (Å²) in [5, 5.41) is 0. The number of hydrogen-bond acceptors (Lipinski definition) is 4. The fourth-order valence-corrected chi connectivity index (χ4v) is 2.31. The monoisotopic (exact) mass is 352 g/mol. The predicted molar refractivity (Wildman–Crippen MR) is 88.7 cm³/mol. The lowest BCUT2D eigenvalue weighted by Crippen LogP contribution is -1.97. The second-order valence-electron chi connectivity index (χ2n) is 4.82. The molecule has 0 bridgehead atoms. The highest BCUT2D eigenvalue weighted by Crippen LogP contribution is 2.17. The van der Waals surface area contributed by atoms with Crippen LogP contribution >= 0.6 is 23.2 Å². The molecule has 2 aromatic carbocycles. The van der Waals surface area contributed by atoms with Gasteiger partial charge in [-0.25, -0.2) is 9.59 Å². The SMILES string of the molecule is O=C(Cl)Oc1ccc(CCCc2ccc(OC(=O)Cl)cc2)cc1. The smallest absolute Gasteiger partial charge is 0.409 e. The summed E-state index contributed by atoms with van der Waals surface area (Å²) >= 11 is 10.3. The zero-order valence-corrected chi connectivity index (χ0v) is 13.6. The van der Waals surface area contributed by atoms with Crippen LogP contribution in [-0.4, -0.2) is 10.9 Å². The van der Waals surface area contributed by atoms with E-state index in [1.165, 1.54) is 0 Å². The van der Waals surface area contributed by atoms with Crippen LogP contribution in [0.25, 0.3) is 0 Å². The summed E-state index contributed by atoms with van der Waals surface area (Å²) in [6.07, 6.45) is 2.75. The van der Waals surface area contributed by atoms with E-state index in [0.29, 0.717) is 11.5 Å². The molecule has 0 spiro atoms. The van der Waals surface area contributed by atoms with Crippen LogP contribution in [0.4, 0.5) is 9.59 Å². The van der Waals surface area contributed by atoms with Crippen LogP contribution in [0.5, 0.6) is 11.5 Å². The Morgan fingerprint density at radius 3 is 1.35 bits per heavy atom. The Bertz CT molecular complexity index is 606. The van der Waals surface area contributed by atoms with Crippen LogP contribution in [0.3, 0.4) is 0 Å². The molecule has 0 aliphatic rings. The standard InChI is InChI=1S/C17H14Cl2O4/c18-16(20)22-14-8-4-12(5-9-14)2-1-3-13-6-10-15(11-7-13)23-17(19)21/h4-11H,1-3H2. The molecule has 0 atom stereocenters. The van der Waals surface area contributed by atoms with Gasteiger partial charge in [-0.15, -0.1) is 0 Å². The molecule has 0 saturated heterocycles. The summed E-state index contributed by atoms with van der Waals surface area (Å²) in [4.78, 5) is 21.2. The first-order valence-corrected chi connectivity index (χ1v) is 7.71. The molecule has 0 N–H and O–H groups in total. The van der Waals surface area contributed by atoms with Crippen LogP contribution in [0, 0.1) is 0 Å². The highest BCUT2D eigenvalue weighted by Gasteiger charge is 2.02. The molecule has 4 nitrogen and oxygen atoms in total. The number of hydrogen-bond donors (Lipinski definition) is 0. The fraction of sp³-hybridized carbons (Fsp3) is 0.176. The van der Waals surface area contributed by atoms with E-state index in [9.17, 15) is 9.59 Å². The summed E-state index contributed by atoms with van der Waals surface area (Å²) in [7, 11) is 0. The lowest BCUT2D eigenvalue weighted by molar-refractivity contribution is 0.224. The third kappa shape index (κ3) is 6.30. The Labute approximate surface area is 143 Å². The van der Waals surface area contributed by atoms with Crippen LogP contribution in [0.15, 0.2) is 48.5 Å². The molecule has 0 fully saturated rings. The van der Waals surface area contributed by atoms with Gasteiger partial charge in [-0.3, -0.25) is 0 Å². The Morgan fingerprint density at radius 2 is 1.04 bits per heavy atom. The summed E-state index contributed by atoms with van der Waals surface area (Å²) in [6, 6.07) is 14.5. The Balaban J connectivity index is 1.80.